The Morgan fingerprint density at radius 3 is 2.81 bits per heavy atom. The molecule has 1 N–H and O–H groups in total. The summed E-state index contributed by atoms with van der Waals surface area (Å²) in [5, 5.41) is 4.42. The molecule has 1 aliphatic carbocycles. The first kappa shape index (κ1) is 20.1. The lowest BCUT2D eigenvalue weighted by Gasteiger charge is -2.45. The topological polar surface area (TPSA) is 46.5 Å². The Kier molecular flexibility index (Phi) is 5.45. The molecule has 3 atom stereocenters. The number of hydrogen-bond donors (Lipinski definition) is 1. The Hall–Kier alpha value is -2.79. The van der Waals surface area contributed by atoms with Crippen LogP contribution in [0.4, 0.5) is 4.79 Å². The minimum absolute atomic E-state index is 0.312. The first-order chi connectivity index (χ1) is 15.1. The van der Waals surface area contributed by atoms with Crippen molar-refractivity contribution in [2.45, 2.75) is 37.8 Å². The van der Waals surface area contributed by atoms with Crippen LogP contribution >= 0.6 is 0 Å². The van der Waals surface area contributed by atoms with Crippen molar-refractivity contribution >= 4 is 17.0 Å². The summed E-state index contributed by atoms with van der Waals surface area (Å²) in [5.41, 5.74) is 5.35. The number of rotatable bonds is 5. The Morgan fingerprint density at radius 2 is 1.97 bits per heavy atom. The van der Waals surface area contributed by atoms with Gasteiger partial charge in [-0.15, -0.1) is 0 Å². The van der Waals surface area contributed by atoms with Crippen LogP contribution in [0.1, 0.15) is 35.4 Å². The summed E-state index contributed by atoms with van der Waals surface area (Å²) in [6, 6.07) is 17.1. The summed E-state index contributed by atoms with van der Waals surface area (Å²) < 4.78 is 7.61. The van der Waals surface area contributed by atoms with Gasteiger partial charge in [0, 0.05) is 49.2 Å². The van der Waals surface area contributed by atoms with E-state index in [0.717, 1.165) is 24.9 Å². The summed E-state index contributed by atoms with van der Waals surface area (Å²) in [6.07, 6.45) is 5.28. The van der Waals surface area contributed by atoms with Crippen molar-refractivity contribution in [2.75, 3.05) is 20.1 Å². The third kappa shape index (κ3) is 3.94. The van der Waals surface area contributed by atoms with Crippen molar-refractivity contribution < 1.29 is 9.53 Å². The fraction of sp³-hybridized carbons (Fsp3) is 0.423. The van der Waals surface area contributed by atoms with E-state index in [4.69, 9.17) is 4.74 Å². The van der Waals surface area contributed by atoms with Gasteiger partial charge in [0.15, 0.2) is 0 Å². The van der Waals surface area contributed by atoms with Crippen molar-refractivity contribution in [1.82, 2.24) is 14.8 Å². The predicted octanol–water partition coefficient (Wildman–Crippen LogP) is 4.45. The molecule has 1 aliphatic heterocycles. The van der Waals surface area contributed by atoms with E-state index in [1.165, 1.54) is 28.5 Å². The molecule has 1 saturated heterocycles. The second kappa shape index (κ2) is 8.39. The zero-order chi connectivity index (χ0) is 21.4. The maximum atomic E-state index is 12.1. The third-order valence-electron chi connectivity index (χ3n) is 7.15. The van der Waals surface area contributed by atoms with Crippen molar-refractivity contribution in [3.05, 3.63) is 71.4 Å². The van der Waals surface area contributed by atoms with E-state index in [9.17, 15) is 4.79 Å². The van der Waals surface area contributed by atoms with Crippen LogP contribution in [0.3, 0.4) is 0 Å². The first-order valence-electron chi connectivity index (χ1n) is 11.3. The first-order valence-corrected chi connectivity index (χ1v) is 11.3. The number of aromatic nitrogens is 1. The number of nitrogens with one attached hydrogen (secondary N) is 1. The lowest BCUT2D eigenvalue weighted by Crippen LogP contribution is -2.48. The number of likely N-dealkylation sites (N-methyl/N-ethyl adjacent to an activating group) is 1. The van der Waals surface area contributed by atoms with Crippen LogP contribution in [-0.2, 0) is 24.8 Å². The van der Waals surface area contributed by atoms with Crippen molar-refractivity contribution in [1.29, 1.82) is 0 Å². The SMILES string of the molecule is CN1C[C@H](CCNC(=O)OCc2ccccc2)C[C@@H]2c3cccc4c3c(cn4C)C[C@H]21. The summed E-state index contributed by atoms with van der Waals surface area (Å²) in [5.74, 6) is 1.13. The minimum Gasteiger partial charge on any atom is -0.445 e. The normalized spacial score (nSPS) is 22.8. The number of ether oxygens (including phenoxy) is 1. The van der Waals surface area contributed by atoms with Crippen molar-refractivity contribution in [3.63, 3.8) is 0 Å². The fourth-order valence-electron chi connectivity index (χ4n) is 5.69. The number of nitrogens with zero attached hydrogens (tertiary/aromatic N) is 2. The molecule has 1 fully saturated rings. The molecule has 1 amide bonds. The molecule has 31 heavy (non-hydrogen) atoms. The van der Waals surface area contributed by atoms with E-state index in [-0.39, 0.29) is 6.09 Å². The quantitative estimate of drug-likeness (QED) is 0.667. The summed E-state index contributed by atoms with van der Waals surface area (Å²) in [4.78, 5) is 14.6. The third-order valence-corrected chi connectivity index (χ3v) is 7.15. The smallest absolute Gasteiger partial charge is 0.407 e. The highest BCUT2D eigenvalue weighted by Crippen LogP contribution is 2.45. The van der Waals surface area contributed by atoms with Crippen LogP contribution in [0.2, 0.25) is 0 Å². The van der Waals surface area contributed by atoms with Gasteiger partial charge in [0.05, 0.1) is 0 Å². The van der Waals surface area contributed by atoms with Crippen LogP contribution in [-0.4, -0.2) is 41.7 Å². The molecule has 0 spiro atoms. The van der Waals surface area contributed by atoms with E-state index in [1.807, 2.05) is 30.3 Å². The summed E-state index contributed by atoms with van der Waals surface area (Å²) in [7, 11) is 4.42. The molecule has 5 heteroatoms. The van der Waals surface area contributed by atoms with E-state index in [2.05, 4.69) is 53.3 Å². The second-order valence-corrected chi connectivity index (χ2v) is 9.20. The number of piperidine rings is 1. The molecular formula is C26H31N3O2. The highest BCUT2D eigenvalue weighted by molar-refractivity contribution is 5.89. The Labute approximate surface area is 184 Å². The average molecular weight is 418 g/mol. The van der Waals surface area contributed by atoms with Gasteiger partial charge in [-0.25, -0.2) is 4.79 Å². The maximum Gasteiger partial charge on any atom is 0.407 e. The molecule has 2 heterocycles. The molecule has 5 nitrogen and oxygen atoms in total. The number of aryl methyl sites for hydroxylation is 1. The standard InChI is InChI=1S/C26H31N3O2/c1-28-15-19(11-12-27-26(30)31-17-18-7-4-3-5-8-18)13-22-21-9-6-10-23-25(21)20(14-24(22)28)16-29(23)2/h3-10,16,19,22,24H,11-15,17H2,1-2H3,(H,27,30)/t19-,22-,24-/m1/s1. The number of alkyl carbamates (subject to hydrolysis) is 1. The maximum absolute atomic E-state index is 12.1. The highest BCUT2D eigenvalue weighted by Gasteiger charge is 2.39. The fourth-order valence-corrected chi connectivity index (χ4v) is 5.69. The van der Waals surface area contributed by atoms with Gasteiger partial charge in [-0.3, -0.25) is 0 Å². The van der Waals surface area contributed by atoms with Gasteiger partial charge < -0.3 is 19.5 Å². The van der Waals surface area contributed by atoms with Crippen molar-refractivity contribution in [2.24, 2.45) is 13.0 Å². The van der Waals surface area contributed by atoms with E-state index in [1.54, 1.807) is 0 Å². The predicted molar refractivity (Wildman–Crippen MR) is 123 cm³/mol. The van der Waals surface area contributed by atoms with Gasteiger partial charge in [0.25, 0.3) is 0 Å². The molecule has 3 aromatic rings. The summed E-state index contributed by atoms with van der Waals surface area (Å²) in [6.45, 7) is 2.05. The molecule has 2 aromatic carbocycles. The highest BCUT2D eigenvalue weighted by atomic mass is 16.5. The molecule has 0 saturated carbocycles. The second-order valence-electron chi connectivity index (χ2n) is 9.20. The largest absolute Gasteiger partial charge is 0.445 e. The summed E-state index contributed by atoms with van der Waals surface area (Å²) >= 11 is 0. The van der Waals surface area contributed by atoms with E-state index < -0.39 is 0 Å². The van der Waals surface area contributed by atoms with Gasteiger partial charge >= 0.3 is 6.09 Å². The molecule has 162 valence electrons. The number of carbonyl (C=O) groups is 1. The lowest BCUT2D eigenvalue weighted by molar-refractivity contribution is 0.106. The van der Waals surface area contributed by atoms with Crippen LogP contribution < -0.4 is 5.32 Å². The van der Waals surface area contributed by atoms with Gasteiger partial charge in [0.1, 0.15) is 6.61 Å². The van der Waals surface area contributed by atoms with Gasteiger partial charge in [0.2, 0.25) is 0 Å². The minimum atomic E-state index is -0.331. The lowest BCUT2D eigenvalue weighted by atomic mass is 9.72. The Bertz CT molecular complexity index is 1070. The van der Waals surface area contributed by atoms with Crippen LogP contribution in [0.15, 0.2) is 54.7 Å². The molecule has 0 unspecified atom stereocenters. The number of amides is 1. The zero-order valence-corrected chi connectivity index (χ0v) is 18.4. The van der Waals surface area contributed by atoms with Crippen molar-refractivity contribution in [3.8, 4) is 0 Å². The van der Waals surface area contributed by atoms with Gasteiger partial charge in [-0.1, -0.05) is 42.5 Å². The van der Waals surface area contributed by atoms with E-state index >= 15 is 0 Å². The van der Waals surface area contributed by atoms with E-state index in [0.29, 0.717) is 31.0 Å². The number of carbonyl (C=O) groups excluding carboxylic acids is 1. The van der Waals surface area contributed by atoms with Gasteiger partial charge in [-0.05, 0) is 55.0 Å². The molecule has 5 rings (SSSR count). The molecule has 1 aromatic heterocycles. The number of fused-ring (bicyclic) bond motifs is 2. The number of likely N-dealkylation sites (tertiary alicyclic amines) is 1. The zero-order valence-electron chi connectivity index (χ0n) is 18.4. The number of benzene rings is 2. The molecule has 0 radical (unpaired) electrons. The van der Waals surface area contributed by atoms with Crippen LogP contribution in [0.5, 0.6) is 0 Å². The monoisotopic (exact) mass is 417 g/mol. The Morgan fingerprint density at radius 1 is 1.13 bits per heavy atom. The molecule has 2 aliphatic rings. The van der Waals surface area contributed by atoms with Crippen LogP contribution in [0.25, 0.3) is 10.9 Å². The average Bonchev–Trinajstić information content (AvgIpc) is 3.10. The number of hydrogen-bond acceptors (Lipinski definition) is 3. The molecular weight excluding hydrogens is 386 g/mol. The van der Waals surface area contributed by atoms with Gasteiger partial charge in [-0.2, -0.15) is 0 Å². The van der Waals surface area contributed by atoms with Crippen LogP contribution in [0, 0.1) is 5.92 Å². The molecule has 0 bridgehead atoms. The Balaban J connectivity index is 1.19.